The highest BCUT2D eigenvalue weighted by Crippen LogP contribution is 2.37. The van der Waals surface area contributed by atoms with Gasteiger partial charge in [0.15, 0.2) is 6.29 Å². The Labute approximate surface area is 193 Å². The van der Waals surface area contributed by atoms with Crippen molar-refractivity contribution in [1.82, 2.24) is 0 Å². The summed E-state index contributed by atoms with van der Waals surface area (Å²) >= 11 is 1.37. The molecular weight excluding hydrogens is 463 g/mol. The van der Waals surface area contributed by atoms with Gasteiger partial charge in [-0.15, -0.1) is 11.8 Å². The smallest absolute Gasteiger partial charge is 0.384 e. The van der Waals surface area contributed by atoms with Crippen LogP contribution in [0.2, 0.25) is 0 Å². The van der Waals surface area contributed by atoms with Crippen LogP contribution in [0.1, 0.15) is 37.5 Å². The molecule has 1 heterocycles. The van der Waals surface area contributed by atoms with Gasteiger partial charge in [0.2, 0.25) is 0 Å². The van der Waals surface area contributed by atoms with Gasteiger partial charge in [0, 0.05) is 16.9 Å². The normalized spacial score (nSPS) is 22.6. The molecule has 2 aromatic rings. The average Bonchev–Trinajstić information content (AvgIpc) is 2.73. The lowest BCUT2D eigenvalue weighted by Crippen LogP contribution is -2.39. The van der Waals surface area contributed by atoms with E-state index in [9.17, 15) is 27.1 Å². The maximum Gasteiger partial charge on any atom is 0.416 e. The lowest BCUT2D eigenvalue weighted by atomic mass is 9.92. The molecule has 3 nitrogen and oxygen atoms in total. The lowest BCUT2D eigenvalue weighted by molar-refractivity contribution is -0.152. The van der Waals surface area contributed by atoms with Gasteiger partial charge in [-0.05, 0) is 43.2 Å². The van der Waals surface area contributed by atoms with E-state index in [0.29, 0.717) is 24.4 Å². The van der Waals surface area contributed by atoms with Crippen LogP contribution < -0.4 is 0 Å². The molecule has 1 saturated heterocycles. The van der Waals surface area contributed by atoms with Crippen molar-refractivity contribution < 1.29 is 36.5 Å². The summed E-state index contributed by atoms with van der Waals surface area (Å²) in [4.78, 5) is 0. The topological polar surface area (TPSA) is 38.7 Å². The van der Waals surface area contributed by atoms with Crippen LogP contribution in [0.3, 0.4) is 0 Å². The Morgan fingerprint density at radius 1 is 1.09 bits per heavy atom. The number of ether oxygens (including phenoxy) is 2. The van der Waals surface area contributed by atoms with Gasteiger partial charge >= 0.3 is 6.18 Å². The largest absolute Gasteiger partial charge is 0.416 e. The first-order valence-corrected chi connectivity index (χ1v) is 11.2. The molecule has 9 heteroatoms. The van der Waals surface area contributed by atoms with Gasteiger partial charge in [-0.2, -0.15) is 13.2 Å². The van der Waals surface area contributed by atoms with Crippen molar-refractivity contribution in [2.45, 2.75) is 49.3 Å². The number of benzene rings is 2. The highest BCUT2D eigenvalue weighted by atomic mass is 32.2. The molecule has 1 N–H and O–H groups in total. The molecule has 1 aliphatic heterocycles. The Morgan fingerprint density at radius 2 is 1.70 bits per heavy atom. The summed E-state index contributed by atoms with van der Waals surface area (Å²) in [6, 6.07) is 7.88. The van der Waals surface area contributed by atoms with Gasteiger partial charge in [-0.25, -0.2) is 8.78 Å². The van der Waals surface area contributed by atoms with E-state index >= 15 is 0 Å². The van der Waals surface area contributed by atoms with Gasteiger partial charge in [0.1, 0.15) is 17.2 Å². The van der Waals surface area contributed by atoms with Crippen molar-refractivity contribution in [3.8, 4) is 0 Å². The number of rotatable bonds is 6. The van der Waals surface area contributed by atoms with Crippen molar-refractivity contribution in [1.29, 1.82) is 0 Å². The molecule has 0 spiro atoms. The van der Waals surface area contributed by atoms with Crippen LogP contribution in [0, 0.1) is 11.6 Å². The molecule has 2 atom stereocenters. The van der Waals surface area contributed by atoms with Crippen molar-refractivity contribution in [3.05, 3.63) is 76.4 Å². The molecule has 0 aliphatic carbocycles. The van der Waals surface area contributed by atoms with E-state index in [1.165, 1.54) is 36.9 Å². The molecule has 33 heavy (non-hydrogen) atoms. The molecule has 2 aromatic carbocycles. The monoisotopic (exact) mass is 488 g/mol. The molecule has 1 fully saturated rings. The molecule has 3 rings (SSSR count). The van der Waals surface area contributed by atoms with Crippen LogP contribution in [-0.4, -0.2) is 35.1 Å². The summed E-state index contributed by atoms with van der Waals surface area (Å²) in [5.74, 6) is -1.53. The second-order valence-electron chi connectivity index (χ2n) is 8.18. The maximum atomic E-state index is 14.2. The second kappa shape index (κ2) is 10.1. The summed E-state index contributed by atoms with van der Waals surface area (Å²) in [7, 11) is 0. The zero-order valence-corrected chi connectivity index (χ0v) is 19.1. The van der Waals surface area contributed by atoms with E-state index in [0.717, 1.165) is 24.3 Å². The molecule has 0 bridgehead atoms. The van der Waals surface area contributed by atoms with E-state index in [2.05, 4.69) is 0 Å². The van der Waals surface area contributed by atoms with Crippen molar-refractivity contribution in [2.75, 3.05) is 13.2 Å². The van der Waals surface area contributed by atoms with Crippen LogP contribution in [0.25, 0.3) is 6.08 Å². The zero-order valence-electron chi connectivity index (χ0n) is 18.3. The summed E-state index contributed by atoms with van der Waals surface area (Å²) < 4.78 is 77.0. The third-order valence-electron chi connectivity index (χ3n) is 5.54. The minimum Gasteiger partial charge on any atom is -0.384 e. The van der Waals surface area contributed by atoms with Gasteiger partial charge in [0.25, 0.3) is 0 Å². The zero-order chi connectivity index (χ0) is 24.4. The highest BCUT2D eigenvalue weighted by molar-refractivity contribution is 8.00. The molecule has 0 unspecified atom stereocenters. The molecule has 0 saturated carbocycles. The first kappa shape index (κ1) is 25.7. The van der Waals surface area contributed by atoms with E-state index in [1.54, 1.807) is 19.9 Å². The summed E-state index contributed by atoms with van der Waals surface area (Å²) in [6.45, 7) is 5.60. The molecule has 0 aromatic heterocycles. The minimum absolute atomic E-state index is 0.00902. The molecule has 0 radical (unpaired) electrons. The Morgan fingerprint density at radius 3 is 2.24 bits per heavy atom. The predicted octanol–water partition coefficient (Wildman–Crippen LogP) is 6.16. The van der Waals surface area contributed by atoms with E-state index < -0.39 is 40.5 Å². The van der Waals surface area contributed by atoms with Crippen molar-refractivity contribution >= 4 is 17.8 Å². The fourth-order valence-electron chi connectivity index (χ4n) is 3.47. The number of thioether (sulfide) groups is 1. The summed E-state index contributed by atoms with van der Waals surface area (Å²) in [6.07, 6.45) is -3.33. The fraction of sp³-hybridized carbons (Fsp3) is 0.417. The number of aliphatic hydroxyl groups is 1. The third-order valence-corrected chi connectivity index (χ3v) is 7.06. The number of hydrogen-bond donors (Lipinski definition) is 1. The quantitative estimate of drug-likeness (QED) is 0.495. The Hall–Kier alpha value is -1.94. The fourth-order valence-corrected chi connectivity index (χ4v) is 4.75. The van der Waals surface area contributed by atoms with Gasteiger partial charge in [-0.1, -0.05) is 31.2 Å². The van der Waals surface area contributed by atoms with Crippen LogP contribution in [-0.2, 0) is 21.3 Å². The summed E-state index contributed by atoms with van der Waals surface area (Å²) in [5, 5.41) is 10.3. The van der Waals surface area contributed by atoms with Gasteiger partial charge in [-0.3, -0.25) is 0 Å². The molecular formula is C24H25F5O3S. The molecule has 0 amide bonds. The first-order valence-electron chi connectivity index (χ1n) is 10.3. The van der Waals surface area contributed by atoms with Gasteiger partial charge < -0.3 is 14.6 Å². The SMILES string of the molecule is C/C(=C/c1ccc(C(F)(F)F)cc1)C1OCC(S[C@H](C)[C@](C)(O)c2ccc(F)cc2F)CO1. The van der Waals surface area contributed by atoms with Crippen LogP contribution in [0.5, 0.6) is 0 Å². The predicted molar refractivity (Wildman–Crippen MR) is 118 cm³/mol. The lowest BCUT2D eigenvalue weighted by Gasteiger charge is -2.36. The van der Waals surface area contributed by atoms with E-state index in [1.807, 2.05) is 0 Å². The Balaban J connectivity index is 1.57. The third kappa shape index (κ3) is 6.35. The summed E-state index contributed by atoms with van der Waals surface area (Å²) in [5.41, 5.74) is -0.957. The maximum absolute atomic E-state index is 14.2. The Kier molecular flexibility index (Phi) is 7.88. The van der Waals surface area contributed by atoms with Crippen LogP contribution in [0.15, 0.2) is 48.0 Å². The Bertz CT molecular complexity index is 981. The molecule has 1 aliphatic rings. The minimum atomic E-state index is -4.39. The van der Waals surface area contributed by atoms with Crippen molar-refractivity contribution in [3.63, 3.8) is 0 Å². The highest BCUT2D eigenvalue weighted by Gasteiger charge is 2.36. The number of alkyl halides is 3. The first-order chi connectivity index (χ1) is 15.4. The average molecular weight is 489 g/mol. The van der Waals surface area contributed by atoms with Crippen LogP contribution in [0.4, 0.5) is 22.0 Å². The molecule has 180 valence electrons. The van der Waals surface area contributed by atoms with Crippen LogP contribution >= 0.6 is 11.8 Å². The van der Waals surface area contributed by atoms with Gasteiger partial charge in [0.05, 0.1) is 24.0 Å². The van der Waals surface area contributed by atoms with E-state index in [-0.39, 0.29) is 10.8 Å². The standard InChI is InChI=1S/C24H25F5O3S/c1-14(10-16-4-6-17(7-5-16)24(27,28)29)22-31-12-19(13-32-22)33-15(2)23(3,30)20-9-8-18(25)11-21(20)26/h4-11,15,19,22,30H,12-13H2,1-3H3/b14-10-/t15-,19?,22?,23+/m1/s1. The van der Waals surface area contributed by atoms with Crippen molar-refractivity contribution in [2.24, 2.45) is 0 Å². The van der Waals surface area contributed by atoms with E-state index in [4.69, 9.17) is 9.47 Å². The number of halogens is 5. The number of hydrogen-bond acceptors (Lipinski definition) is 4. The second-order valence-corrected chi connectivity index (χ2v) is 9.82.